The van der Waals surface area contributed by atoms with Gasteiger partial charge in [0.25, 0.3) is 0 Å². The van der Waals surface area contributed by atoms with Gasteiger partial charge in [-0.3, -0.25) is 0 Å². The van der Waals surface area contributed by atoms with E-state index in [0.717, 1.165) is 6.42 Å². The average Bonchev–Trinajstić information content (AvgIpc) is 2.42. The third kappa shape index (κ3) is 4.16. The van der Waals surface area contributed by atoms with E-state index in [0.29, 0.717) is 24.7 Å². The van der Waals surface area contributed by atoms with Gasteiger partial charge in [0, 0.05) is 0 Å². The third-order valence-corrected chi connectivity index (χ3v) is 2.42. The van der Waals surface area contributed by atoms with Gasteiger partial charge in [0.2, 0.25) is 0 Å². The average molecular weight is 252 g/mol. The van der Waals surface area contributed by atoms with E-state index in [-0.39, 0.29) is 11.8 Å². The van der Waals surface area contributed by atoms with Gasteiger partial charge in [0.15, 0.2) is 11.5 Å². The van der Waals surface area contributed by atoms with E-state index in [1.165, 1.54) is 0 Å². The number of amidine groups is 1. The number of nitrogens with two attached hydrogens (primary N) is 1. The molecule has 0 saturated heterocycles. The number of hydrogen-bond acceptors (Lipinski definition) is 4. The van der Waals surface area contributed by atoms with E-state index in [2.05, 4.69) is 5.16 Å². The summed E-state index contributed by atoms with van der Waals surface area (Å²) in [5, 5.41) is 11.5. The summed E-state index contributed by atoms with van der Waals surface area (Å²) in [7, 11) is 0. The van der Waals surface area contributed by atoms with Crippen LogP contribution in [0.2, 0.25) is 0 Å². The molecule has 1 rings (SSSR count). The van der Waals surface area contributed by atoms with Crippen LogP contribution in [0.1, 0.15) is 20.3 Å². The van der Waals surface area contributed by atoms with Crippen LogP contribution in [-0.4, -0.2) is 24.3 Å². The van der Waals surface area contributed by atoms with Gasteiger partial charge in [-0.2, -0.15) is 0 Å². The van der Waals surface area contributed by atoms with Crippen molar-refractivity contribution in [2.75, 3.05) is 13.2 Å². The van der Waals surface area contributed by atoms with Crippen LogP contribution in [0.4, 0.5) is 0 Å². The van der Waals surface area contributed by atoms with Crippen LogP contribution in [0.25, 0.3) is 0 Å². The van der Waals surface area contributed by atoms with Crippen molar-refractivity contribution in [2.45, 2.75) is 20.3 Å². The second-order valence-electron chi connectivity index (χ2n) is 4.03. The van der Waals surface area contributed by atoms with Crippen molar-refractivity contribution in [3.8, 4) is 11.5 Å². The maximum atomic E-state index is 8.56. The molecule has 0 aromatic heterocycles. The lowest BCUT2D eigenvalue weighted by Gasteiger charge is -2.14. The van der Waals surface area contributed by atoms with Crippen molar-refractivity contribution in [1.29, 1.82) is 0 Å². The van der Waals surface area contributed by atoms with Gasteiger partial charge in [0.05, 0.1) is 19.1 Å². The summed E-state index contributed by atoms with van der Waals surface area (Å²) in [4.78, 5) is 0. The molecule has 0 aliphatic heterocycles. The topological polar surface area (TPSA) is 77.1 Å². The molecule has 0 aliphatic carbocycles. The number of para-hydroxylation sites is 2. The van der Waals surface area contributed by atoms with Gasteiger partial charge in [-0.05, 0) is 18.6 Å². The second kappa shape index (κ2) is 7.42. The minimum atomic E-state index is -0.158. The highest BCUT2D eigenvalue weighted by atomic mass is 16.5. The minimum Gasteiger partial charge on any atom is -0.490 e. The van der Waals surface area contributed by atoms with Gasteiger partial charge >= 0.3 is 0 Å². The van der Waals surface area contributed by atoms with Crippen molar-refractivity contribution < 1.29 is 14.7 Å². The van der Waals surface area contributed by atoms with E-state index in [9.17, 15) is 0 Å². The predicted molar refractivity (Wildman–Crippen MR) is 70.3 cm³/mol. The smallest absolute Gasteiger partial charge is 0.161 e. The maximum Gasteiger partial charge on any atom is 0.161 e. The van der Waals surface area contributed by atoms with E-state index >= 15 is 0 Å². The van der Waals surface area contributed by atoms with Crippen molar-refractivity contribution in [2.24, 2.45) is 16.8 Å². The van der Waals surface area contributed by atoms with Crippen LogP contribution in [0, 0.1) is 5.92 Å². The molecule has 100 valence electrons. The van der Waals surface area contributed by atoms with Crippen LogP contribution in [0.3, 0.4) is 0 Å². The van der Waals surface area contributed by atoms with Crippen molar-refractivity contribution in [3.05, 3.63) is 24.3 Å². The molecular weight excluding hydrogens is 232 g/mol. The molecule has 3 N–H and O–H groups in total. The molecule has 0 radical (unpaired) electrons. The van der Waals surface area contributed by atoms with E-state index in [1.54, 1.807) is 0 Å². The van der Waals surface area contributed by atoms with Crippen LogP contribution in [0.15, 0.2) is 29.4 Å². The first-order valence-electron chi connectivity index (χ1n) is 6.01. The lowest BCUT2D eigenvalue weighted by atomic mass is 10.2. The van der Waals surface area contributed by atoms with Gasteiger partial charge in [-0.25, -0.2) is 0 Å². The number of hydrogen-bond donors (Lipinski definition) is 2. The summed E-state index contributed by atoms with van der Waals surface area (Å²) in [6.45, 7) is 4.85. The van der Waals surface area contributed by atoms with Crippen molar-refractivity contribution in [1.82, 2.24) is 0 Å². The number of ether oxygens (including phenoxy) is 2. The fourth-order valence-corrected chi connectivity index (χ4v) is 1.30. The largest absolute Gasteiger partial charge is 0.490 e. The standard InChI is InChI=1S/C13H20N2O3/c1-3-8-17-11-6-4-5-7-12(11)18-9-10(2)13(14)15-16/h4-7,10,16H,3,8-9H2,1-2H3,(H2,14,15). The Hall–Kier alpha value is -1.91. The molecule has 0 amide bonds. The van der Waals surface area contributed by atoms with Crippen molar-refractivity contribution in [3.63, 3.8) is 0 Å². The van der Waals surface area contributed by atoms with Gasteiger partial charge in [-0.1, -0.05) is 31.1 Å². The van der Waals surface area contributed by atoms with E-state index in [1.807, 2.05) is 38.1 Å². The zero-order valence-corrected chi connectivity index (χ0v) is 10.8. The SMILES string of the molecule is CCCOc1ccccc1OCC(C)/C(N)=N/O. The Morgan fingerprint density at radius 3 is 2.50 bits per heavy atom. The van der Waals surface area contributed by atoms with E-state index in [4.69, 9.17) is 20.4 Å². The monoisotopic (exact) mass is 252 g/mol. The molecule has 0 fully saturated rings. The molecule has 1 aromatic carbocycles. The Kier molecular flexibility index (Phi) is 5.84. The van der Waals surface area contributed by atoms with E-state index < -0.39 is 0 Å². The third-order valence-electron chi connectivity index (χ3n) is 2.42. The summed E-state index contributed by atoms with van der Waals surface area (Å²) in [6, 6.07) is 7.47. The lowest BCUT2D eigenvalue weighted by Crippen LogP contribution is -2.26. The Morgan fingerprint density at radius 2 is 1.94 bits per heavy atom. The Labute approximate surface area is 107 Å². The molecule has 1 unspecified atom stereocenters. The zero-order valence-electron chi connectivity index (χ0n) is 10.8. The number of rotatable bonds is 7. The first-order valence-corrected chi connectivity index (χ1v) is 6.01. The highest BCUT2D eigenvalue weighted by Crippen LogP contribution is 2.26. The highest BCUT2D eigenvalue weighted by Gasteiger charge is 2.10. The molecule has 18 heavy (non-hydrogen) atoms. The number of benzene rings is 1. The van der Waals surface area contributed by atoms with Gasteiger partial charge in [0.1, 0.15) is 5.84 Å². The number of oxime groups is 1. The Morgan fingerprint density at radius 1 is 1.33 bits per heavy atom. The van der Waals surface area contributed by atoms with Crippen LogP contribution in [-0.2, 0) is 0 Å². The quantitative estimate of drug-likeness (QED) is 0.337. The first-order chi connectivity index (χ1) is 8.69. The molecule has 5 heteroatoms. The maximum absolute atomic E-state index is 8.56. The summed E-state index contributed by atoms with van der Waals surface area (Å²) >= 11 is 0. The Bertz CT molecular complexity index is 394. The molecule has 0 saturated carbocycles. The highest BCUT2D eigenvalue weighted by molar-refractivity contribution is 5.81. The fourth-order valence-electron chi connectivity index (χ4n) is 1.30. The number of nitrogens with zero attached hydrogens (tertiary/aromatic N) is 1. The normalized spacial score (nSPS) is 13.1. The summed E-state index contributed by atoms with van der Waals surface area (Å²) < 4.78 is 11.2. The fraction of sp³-hybridized carbons (Fsp3) is 0.462. The minimum absolute atomic E-state index is 0.155. The molecule has 5 nitrogen and oxygen atoms in total. The summed E-state index contributed by atoms with van der Waals surface area (Å²) in [5.41, 5.74) is 5.49. The molecule has 0 spiro atoms. The lowest BCUT2D eigenvalue weighted by molar-refractivity contribution is 0.252. The first kappa shape index (κ1) is 14.2. The Balaban J connectivity index is 2.61. The molecule has 0 bridgehead atoms. The van der Waals surface area contributed by atoms with Gasteiger partial charge < -0.3 is 20.4 Å². The predicted octanol–water partition coefficient (Wildman–Crippen LogP) is 2.24. The van der Waals surface area contributed by atoms with Crippen LogP contribution < -0.4 is 15.2 Å². The van der Waals surface area contributed by atoms with Crippen LogP contribution in [0.5, 0.6) is 11.5 Å². The zero-order chi connectivity index (χ0) is 13.4. The molecule has 1 atom stereocenters. The molecule has 0 heterocycles. The second-order valence-corrected chi connectivity index (χ2v) is 4.03. The summed E-state index contributed by atoms with van der Waals surface area (Å²) in [5.74, 6) is 1.38. The van der Waals surface area contributed by atoms with Gasteiger partial charge in [-0.15, -0.1) is 0 Å². The molecule has 0 aliphatic rings. The summed E-state index contributed by atoms with van der Waals surface area (Å²) in [6.07, 6.45) is 0.939. The molecular formula is C13H20N2O3. The van der Waals surface area contributed by atoms with Crippen LogP contribution >= 0.6 is 0 Å². The van der Waals surface area contributed by atoms with Crippen molar-refractivity contribution >= 4 is 5.84 Å². The molecule has 1 aromatic rings.